The van der Waals surface area contributed by atoms with Gasteiger partial charge in [-0.15, -0.1) is 11.6 Å². The maximum absolute atomic E-state index is 8.89. The summed E-state index contributed by atoms with van der Waals surface area (Å²) in [4.78, 5) is 2.40. The SMILES string of the molecule is OCCN1CC[C@@]2(CC[C@@H](CCl)C2)C1. The predicted molar refractivity (Wildman–Crippen MR) is 58.6 cm³/mol. The molecule has 0 bridgehead atoms. The molecule has 2 rings (SSSR count). The van der Waals surface area contributed by atoms with Crippen molar-refractivity contribution in [1.29, 1.82) is 0 Å². The molecule has 2 aliphatic rings. The van der Waals surface area contributed by atoms with Gasteiger partial charge in [0.05, 0.1) is 6.61 Å². The van der Waals surface area contributed by atoms with Gasteiger partial charge in [-0.1, -0.05) is 0 Å². The second kappa shape index (κ2) is 4.38. The first-order chi connectivity index (χ1) is 6.78. The lowest BCUT2D eigenvalue weighted by molar-refractivity contribution is 0.199. The molecule has 1 aliphatic heterocycles. The van der Waals surface area contributed by atoms with Crippen molar-refractivity contribution in [2.45, 2.75) is 25.7 Å². The van der Waals surface area contributed by atoms with Gasteiger partial charge in [0, 0.05) is 19.0 Å². The molecule has 0 radical (unpaired) electrons. The number of halogens is 1. The van der Waals surface area contributed by atoms with Gasteiger partial charge >= 0.3 is 0 Å². The molecule has 0 amide bonds. The lowest BCUT2D eigenvalue weighted by Crippen LogP contribution is -2.27. The molecule has 1 heterocycles. The van der Waals surface area contributed by atoms with Crippen LogP contribution in [-0.4, -0.2) is 42.1 Å². The van der Waals surface area contributed by atoms with Crippen LogP contribution in [0.1, 0.15) is 25.7 Å². The van der Waals surface area contributed by atoms with Gasteiger partial charge in [0.1, 0.15) is 0 Å². The van der Waals surface area contributed by atoms with Crippen molar-refractivity contribution in [3.8, 4) is 0 Å². The molecular weight excluding hydrogens is 198 g/mol. The van der Waals surface area contributed by atoms with E-state index in [0.717, 1.165) is 18.3 Å². The molecule has 1 N–H and O–H groups in total. The van der Waals surface area contributed by atoms with Gasteiger partial charge in [-0.05, 0) is 43.6 Å². The summed E-state index contributed by atoms with van der Waals surface area (Å²) in [6, 6.07) is 0. The fourth-order valence-corrected chi connectivity index (χ4v) is 3.45. The van der Waals surface area contributed by atoms with E-state index in [4.69, 9.17) is 16.7 Å². The molecule has 2 nitrogen and oxygen atoms in total. The summed E-state index contributed by atoms with van der Waals surface area (Å²) in [6.07, 6.45) is 5.31. The molecule has 14 heavy (non-hydrogen) atoms. The quantitative estimate of drug-likeness (QED) is 0.728. The fraction of sp³-hybridized carbons (Fsp3) is 1.00. The Bertz CT molecular complexity index is 200. The number of β-amino-alcohol motifs (C(OH)–C–C–N with tert-alkyl or cyclic N) is 1. The van der Waals surface area contributed by atoms with Crippen LogP contribution in [-0.2, 0) is 0 Å². The zero-order chi connectivity index (χ0) is 10.0. The normalized spacial score (nSPS) is 38.6. The number of aliphatic hydroxyl groups excluding tert-OH is 1. The molecule has 0 unspecified atom stereocenters. The van der Waals surface area contributed by atoms with Crippen molar-refractivity contribution in [3.63, 3.8) is 0 Å². The van der Waals surface area contributed by atoms with E-state index in [9.17, 15) is 0 Å². The summed E-state index contributed by atoms with van der Waals surface area (Å²) >= 11 is 5.91. The number of rotatable bonds is 3. The third-order valence-electron chi connectivity index (χ3n) is 3.96. The first-order valence-corrected chi connectivity index (χ1v) is 6.21. The molecule has 1 saturated carbocycles. The van der Waals surface area contributed by atoms with Gasteiger partial charge in [0.2, 0.25) is 0 Å². The van der Waals surface area contributed by atoms with Crippen LogP contribution in [0, 0.1) is 11.3 Å². The summed E-state index contributed by atoms with van der Waals surface area (Å²) in [6.45, 7) is 3.53. The maximum atomic E-state index is 8.89. The predicted octanol–water partition coefficient (Wildman–Crippen LogP) is 1.71. The molecule has 82 valence electrons. The second-order valence-corrected chi connectivity index (χ2v) is 5.32. The van der Waals surface area contributed by atoms with Crippen molar-refractivity contribution in [2.75, 3.05) is 32.1 Å². The number of alkyl halides is 1. The Labute approximate surface area is 91.2 Å². The minimum absolute atomic E-state index is 0.301. The minimum atomic E-state index is 0.301. The fourth-order valence-electron chi connectivity index (χ4n) is 3.19. The third-order valence-corrected chi connectivity index (χ3v) is 4.39. The first-order valence-electron chi connectivity index (χ1n) is 5.67. The van der Waals surface area contributed by atoms with E-state index in [2.05, 4.69) is 4.90 Å². The van der Waals surface area contributed by atoms with Crippen LogP contribution in [0.5, 0.6) is 0 Å². The zero-order valence-corrected chi connectivity index (χ0v) is 9.47. The lowest BCUT2D eigenvalue weighted by Gasteiger charge is -2.23. The Kier molecular flexibility index (Phi) is 3.35. The Morgan fingerprint density at radius 3 is 2.93 bits per heavy atom. The van der Waals surface area contributed by atoms with Crippen molar-refractivity contribution in [1.82, 2.24) is 4.90 Å². The molecule has 2 fully saturated rings. The van der Waals surface area contributed by atoms with E-state index >= 15 is 0 Å². The Morgan fingerprint density at radius 1 is 1.43 bits per heavy atom. The van der Waals surface area contributed by atoms with Crippen molar-refractivity contribution >= 4 is 11.6 Å². The maximum Gasteiger partial charge on any atom is 0.0558 e. The molecule has 1 spiro atoms. The van der Waals surface area contributed by atoms with Crippen molar-refractivity contribution < 1.29 is 5.11 Å². The molecule has 1 saturated heterocycles. The van der Waals surface area contributed by atoms with Gasteiger partial charge in [0.25, 0.3) is 0 Å². The van der Waals surface area contributed by atoms with E-state index in [1.807, 2.05) is 0 Å². The Hall–Kier alpha value is 0.210. The topological polar surface area (TPSA) is 23.5 Å². The molecular formula is C11H20ClNO. The monoisotopic (exact) mass is 217 g/mol. The number of aliphatic hydroxyl groups is 1. The van der Waals surface area contributed by atoms with Gasteiger partial charge < -0.3 is 10.0 Å². The zero-order valence-electron chi connectivity index (χ0n) is 8.71. The third kappa shape index (κ3) is 2.07. The summed E-state index contributed by atoms with van der Waals surface area (Å²) in [5.74, 6) is 1.59. The molecule has 1 aliphatic carbocycles. The largest absolute Gasteiger partial charge is 0.395 e. The lowest BCUT2D eigenvalue weighted by atomic mass is 9.85. The van der Waals surface area contributed by atoms with Crippen LogP contribution >= 0.6 is 11.6 Å². The summed E-state index contributed by atoms with van der Waals surface area (Å²) in [5, 5.41) is 8.89. The molecule has 0 aromatic rings. The molecule has 0 aromatic heterocycles. The summed E-state index contributed by atoms with van der Waals surface area (Å²) in [5.41, 5.74) is 0.564. The van der Waals surface area contributed by atoms with Crippen LogP contribution in [0.25, 0.3) is 0 Å². The minimum Gasteiger partial charge on any atom is -0.395 e. The smallest absolute Gasteiger partial charge is 0.0558 e. The molecule has 2 atom stereocenters. The van der Waals surface area contributed by atoms with Crippen LogP contribution < -0.4 is 0 Å². The van der Waals surface area contributed by atoms with Crippen LogP contribution in [0.4, 0.5) is 0 Å². The van der Waals surface area contributed by atoms with E-state index < -0.39 is 0 Å². The van der Waals surface area contributed by atoms with Crippen LogP contribution in [0.3, 0.4) is 0 Å². The number of hydrogen-bond donors (Lipinski definition) is 1. The second-order valence-electron chi connectivity index (χ2n) is 5.01. The number of likely N-dealkylation sites (tertiary alicyclic amines) is 1. The Morgan fingerprint density at radius 2 is 2.29 bits per heavy atom. The highest BCUT2D eigenvalue weighted by molar-refractivity contribution is 6.18. The Balaban J connectivity index is 1.87. The highest BCUT2D eigenvalue weighted by Gasteiger charge is 2.43. The van der Waals surface area contributed by atoms with E-state index in [-0.39, 0.29) is 0 Å². The van der Waals surface area contributed by atoms with Crippen molar-refractivity contribution in [2.24, 2.45) is 11.3 Å². The highest BCUT2D eigenvalue weighted by Crippen LogP contribution is 2.48. The number of nitrogens with zero attached hydrogens (tertiary/aromatic N) is 1. The summed E-state index contributed by atoms with van der Waals surface area (Å²) < 4.78 is 0. The first kappa shape index (κ1) is 10.7. The highest BCUT2D eigenvalue weighted by atomic mass is 35.5. The summed E-state index contributed by atoms with van der Waals surface area (Å²) in [7, 11) is 0. The van der Waals surface area contributed by atoms with Crippen molar-refractivity contribution in [3.05, 3.63) is 0 Å². The molecule has 0 aromatic carbocycles. The van der Waals surface area contributed by atoms with E-state index in [1.54, 1.807) is 0 Å². The van der Waals surface area contributed by atoms with Gasteiger partial charge in [-0.2, -0.15) is 0 Å². The van der Waals surface area contributed by atoms with Crippen LogP contribution in [0.15, 0.2) is 0 Å². The number of hydrogen-bond acceptors (Lipinski definition) is 2. The van der Waals surface area contributed by atoms with Gasteiger partial charge in [-0.3, -0.25) is 0 Å². The standard InChI is InChI=1S/C11H20ClNO/c12-8-10-1-2-11(7-10)3-4-13(9-11)5-6-14/h10,14H,1-9H2/t10-,11-/m1/s1. The van der Waals surface area contributed by atoms with Crippen LogP contribution in [0.2, 0.25) is 0 Å². The van der Waals surface area contributed by atoms with Gasteiger partial charge in [0.15, 0.2) is 0 Å². The van der Waals surface area contributed by atoms with E-state index in [0.29, 0.717) is 12.0 Å². The molecule has 3 heteroatoms. The average molecular weight is 218 g/mol. The van der Waals surface area contributed by atoms with Gasteiger partial charge in [-0.25, -0.2) is 0 Å². The van der Waals surface area contributed by atoms with E-state index in [1.165, 1.54) is 38.8 Å². The average Bonchev–Trinajstić information content (AvgIpc) is 2.76.